The molecule has 29 heavy (non-hydrogen) atoms. The van der Waals surface area contributed by atoms with Gasteiger partial charge in [-0.05, 0) is 48.5 Å². The SMILES string of the molecule is CS(=O)(=O)CCOc1cccc(NC(=O)c2ccc(Oc3cccnc3)cc2)c1. The van der Waals surface area contributed by atoms with Crippen molar-refractivity contribution in [2.45, 2.75) is 0 Å². The Morgan fingerprint density at radius 1 is 1.00 bits per heavy atom. The number of carbonyl (C=O) groups is 1. The van der Waals surface area contributed by atoms with Crippen LogP contribution in [-0.2, 0) is 9.84 Å². The van der Waals surface area contributed by atoms with Crippen LogP contribution in [0.4, 0.5) is 5.69 Å². The van der Waals surface area contributed by atoms with Crippen molar-refractivity contribution in [3.8, 4) is 17.2 Å². The Morgan fingerprint density at radius 2 is 1.76 bits per heavy atom. The van der Waals surface area contributed by atoms with Crippen molar-refractivity contribution in [3.63, 3.8) is 0 Å². The molecule has 1 heterocycles. The van der Waals surface area contributed by atoms with Gasteiger partial charge in [-0.2, -0.15) is 0 Å². The zero-order valence-corrected chi connectivity index (χ0v) is 16.6. The highest BCUT2D eigenvalue weighted by atomic mass is 32.2. The smallest absolute Gasteiger partial charge is 0.255 e. The molecular formula is C21H20N2O5S. The molecule has 0 spiro atoms. The van der Waals surface area contributed by atoms with Crippen molar-refractivity contribution >= 4 is 21.4 Å². The van der Waals surface area contributed by atoms with Crippen molar-refractivity contribution in [3.05, 3.63) is 78.6 Å². The number of rotatable bonds is 8. The zero-order chi connectivity index (χ0) is 20.7. The Hall–Kier alpha value is -3.39. The molecule has 0 aliphatic carbocycles. The van der Waals surface area contributed by atoms with E-state index in [9.17, 15) is 13.2 Å². The third kappa shape index (κ3) is 6.62. The topological polar surface area (TPSA) is 94.6 Å². The molecule has 0 saturated carbocycles. The molecule has 150 valence electrons. The number of pyridine rings is 1. The second-order valence-corrected chi connectivity index (χ2v) is 8.54. The minimum atomic E-state index is -3.09. The van der Waals surface area contributed by atoms with Crippen LogP contribution in [0.3, 0.4) is 0 Å². The summed E-state index contributed by atoms with van der Waals surface area (Å²) in [5.41, 5.74) is 1.01. The van der Waals surface area contributed by atoms with Crippen molar-refractivity contribution in [2.75, 3.05) is 23.9 Å². The Morgan fingerprint density at radius 3 is 2.45 bits per heavy atom. The van der Waals surface area contributed by atoms with Crippen LogP contribution in [0.5, 0.6) is 17.2 Å². The summed E-state index contributed by atoms with van der Waals surface area (Å²) in [6.07, 6.45) is 4.41. The second kappa shape index (κ2) is 9.20. The van der Waals surface area contributed by atoms with Crippen LogP contribution in [0.2, 0.25) is 0 Å². The molecule has 0 saturated heterocycles. The molecule has 1 aromatic heterocycles. The van der Waals surface area contributed by atoms with Crippen molar-refractivity contribution in [2.24, 2.45) is 0 Å². The van der Waals surface area contributed by atoms with Gasteiger partial charge in [-0.3, -0.25) is 9.78 Å². The summed E-state index contributed by atoms with van der Waals surface area (Å²) in [4.78, 5) is 16.4. The first kappa shape index (κ1) is 20.3. The number of sulfone groups is 1. The minimum absolute atomic E-state index is 0.0502. The summed E-state index contributed by atoms with van der Waals surface area (Å²) >= 11 is 0. The lowest BCUT2D eigenvalue weighted by Gasteiger charge is -2.10. The molecule has 3 rings (SSSR count). The van der Waals surface area contributed by atoms with Crippen molar-refractivity contribution < 1.29 is 22.7 Å². The molecule has 0 bridgehead atoms. The number of amides is 1. The van der Waals surface area contributed by atoms with Gasteiger partial charge < -0.3 is 14.8 Å². The van der Waals surface area contributed by atoms with E-state index in [1.54, 1.807) is 73.1 Å². The number of carbonyl (C=O) groups excluding carboxylic acids is 1. The van der Waals surface area contributed by atoms with Gasteiger partial charge in [0.05, 0.1) is 11.9 Å². The maximum atomic E-state index is 12.5. The van der Waals surface area contributed by atoms with E-state index in [0.717, 1.165) is 6.26 Å². The third-order valence-electron chi connectivity index (χ3n) is 3.80. The number of benzene rings is 2. The van der Waals surface area contributed by atoms with Gasteiger partial charge in [-0.25, -0.2) is 8.42 Å². The Balaban J connectivity index is 1.59. The number of nitrogens with one attached hydrogen (secondary N) is 1. The molecular weight excluding hydrogens is 392 g/mol. The maximum Gasteiger partial charge on any atom is 0.255 e. The van der Waals surface area contributed by atoms with E-state index < -0.39 is 9.84 Å². The summed E-state index contributed by atoms with van der Waals surface area (Å²) in [7, 11) is -3.09. The number of aromatic nitrogens is 1. The molecule has 1 N–H and O–H groups in total. The van der Waals surface area contributed by atoms with Crippen LogP contribution in [0.15, 0.2) is 73.1 Å². The predicted molar refractivity (Wildman–Crippen MR) is 110 cm³/mol. The van der Waals surface area contributed by atoms with Gasteiger partial charge in [0.2, 0.25) is 0 Å². The highest BCUT2D eigenvalue weighted by Crippen LogP contribution is 2.22. The van der Waals surface area contributed by atoms with Gasteiger partial charge in [0, 0.05) is 29.8 Å². The summed E-state index contributed by atoms with van der Waals surface area (Å²) in [5, 5.41) is 2.79. The number of hydrogen-bond acceptors (Lipinski definition) is 6. The lowest BCUT2D eigenvalue weighted by atomic mass is 10.2. The van der Waals surface area contributed by atoms with Crippen molar-refractivity contribution in [1.82, 2.24) is 4.98 Å². The van der Waals surface area contributed by atoms with Crippen LogP contribution in [0.25, 0.3) is 0 Å². The summed E-state index contributed by atoms with van der Waals surface area (Å²) in [6, 6.07) is 17.1. The highest BCUT2D eigenvalue weighted by molar-refractivity contribution is 7.90. The van der Waals surface area contributed by atoms with Crippen LogP contribution in [0, 0.1) is 0 Å². The quantitative estimate of drug-likeness (QED) is 0.608. The monoisotopic (exact) mass is 412 g/mol. The van der Waals surface area contributed by atoms with Crippen LogP contribution in [-0.4, -0.2) is 37.9 Å². The van der Waals surface area contributed by atoms with E-state index in [1.807, 2.05) is 0 Å². The fourth-order valence-corrected chi connectivity index (χ4v) is 2.78. The molecule has 0 atom stereocenters. The van der Waals surface area contributed by atoms with Crippen LogP contribution in [0.1, 0.15) is 10.4 Å². The molecule has 3 aromatic rings. The molecule has 0 fully saturated rings. The molecule has 0 aliphatic heterocycles. The summed E-state index contributed by atoms with van der Waals surface area (Å²) in [6.45, 7) is 0.0502. The van der Waals surface area contributed by atoms with Gasteiger partial charge in [-0.1, -0.05) is 6.07 Å². The summed E-state index contributed by atoms with van der Waals surface area (Å²) in [5.74, 6) is 1.32. The van der Waals surface area contributed by atoms with E-state index in [0.29, 0.717) is 28.5 Å². The second-order valence-electron chi connectivity index (χ2n) is 6.28. The Labute approximate surface area is 169 Å². The van der Waals surface area contributed by atoms with Gasteiger partial charge in [0.15, 0.2) is 9.84 Å². The van der Waals surface area contributed by atoms with E-state index in [2.05, 4.69) is 10.3 Å². The fourth-order valence-electron chi connectivity index (χ4n) is 2.40. The largest absolute Gasteiger partial charge is 0.492 e. The molecule has 1 amide bonds. The number of nitrogens with zero attached hydrogens (tertiary/aromatic N) is 1. The standard InChI is InChI=1S/C21H20N2O5S/c1-29(25,26)13-12-27-19-5-2-4-17(14-19)23-21(24)16-7-9-18(10-8-16)28-20-6-3-11-22-15-20/h2-11,14-15H,12-13H2,1H3,(H,23,24). The van der Waals surface area contributed by atoms with E-state index in [4.69, 9.17) is 9.47 Å². The molecule has 0 unspecified atom stereocenters. The van der Waals surface area contributed by atoms with E-state index in [1.165, 1.54) is 0 Å². The van der Waals surface area contributed by atoms with E-state index >= 15 is 0 Å². The first-order valence-electron chi connectivity index (χ1n) is 8.79. The normalized spacial score (nSPS) is 10.9. The maximum absolute atomic E-state index is 12.5. The molecule has 0 radical (unpaired) electrons. The highest BCUT2D eigenvalue weighted by Gasteiger charge is 2.08. The zero-order valence-electron chi connectivity index (χ0n) is 15.7. The number of hydrogen-bond donors (Lipinski definition) is 1. The van der Waals surface area contributed by atoms with Gasteiger partial charge in [0.1, 0.15) is 23.9 Å². The molecule has 7 nitrogen and oxygen atoms in total. The van der Waals surface area contributed by atoms with E-state index in [-0.39, 0.29) is 18.3 Å². The first-order valence-corrected chi connectivity index (χ1v) is 10.8. The fraction of sp³-hybridized carbons (Fsp3) is 0.143. The van der Waals surface area contributed by atoms with Crippen LogP contribution >= 0.6 is 0 Å². The number of ether oxygens (including phenoxy) is 2. The van der Waals surface area contributed by atoms with Gasteiger partial charge in [0.25, 0.3) is 5.91 Å². The average molecular weight is 412 g/mol. The van der Waals surface area contributed by atoms with Gasteiger partial charge >= 0.3 is 0 Å². The predicted octanol–water partition coefficient (Wildman–Crippen LogP) is 3.55. The molecule has 2 aromatic carbocycles. The first-order chi connectivity index (χ1) is 13.9. The van der Waals surface area contributed by atoms with Crippen molar-refractivity contribution in [1.29, 1.82) is 0 Å². The number of anilines is 1. The van der Waals surface area contributed by atoms with Gasteiger partial charge in [-0.15, -0.1) is 0 Å². The minimum Gasteiger partial charge on any atom is -0.492 e. The molecule has 0 aliphatic rings. The Kier molecular flexibility index (Phi) is 6.46. The lowest BCUT2D eigenvalue weighted by Crippen LogP contribution is -2.13. The third-order valence-corrected chi connectivity index (χ3v) is 4.71. The Bertz CT molecular complexity index is 1070. The average Bonchev–Trinajstić information content (AvgIpc) is 2.69. The molecule has 8 heteroatoms. The lowest BCUT2D eigenvalue weighted by molar-refractivity contribution is 0.102. The summed E-state index contributed by atoms with van der Waals surface area (Å²) < 4.78 is 33.4. The van der Waals surface area contributed by atoms with Crippen LogP contribution < -0.4 is 14.8 Å².